The number of carbonyl (C=O) groups excluding carboxylic acids is 4. The van der Waals surface area contributed by atoms with Crippen LogP contribution in [-0.4, -0.2) is 40.9 Å². The molecule has 2 heterocycles. The Balaban J connectivity index is 1.33. The predicted molar refractivity (Wildman–Crippen MR) is 197 cm³/mol. The van der Waals surface area contributed by atoms with E-state index in [4.69, 9.17) is 27.9 Å². The highest BCUT2D eigenvalue weighted by Crippen LogP contribution is 2.64. The normalized spacial score (nSPS) is 26.6. The maximum Gasteiger partial charge on any atom is 0.260 e. The number of hydrogen-bond donors (Lipinski definition) is 2. The first-order valence-corrected chi connectivity index (χ1v) is 17.9. The molecule has 0 spiro atoms. The Bertz CT molecular complexity index is 2210. The van der Waals surface area contributed by atoms with Crippen molar-refractivity contribution in [3.05, 3.63) is 129 Å². The standard InChI is InChI=1S/C41H35Cl2N3O6/c1-21-9-12-25(13-10-21)44-46-38(49)30-20-29-27(15-16-28-34(29)39(50)45(37(28)48)26-14-11-22(2)31(42)19-26)35(23-17-32(43)36(47)33(18-23)52-3)41(30,40(46)51)24-7-5-4-6-8-24/h4-15,17-19,28-30,34-35,44,47H,16,20H2,1-3H3. The summed E-state index contributed by atoms with van der Waals surface area (Å²) < 4.78 is 5.54. The molecule has 6 atom stereocenters. The van der Waals surface area contributed by atoms with Gasteiger partial charge in [0.15, 0.2) is 11.5 Å². The highest BCUT2D eigenvalue weighted by molar-refractivity contribution is 6.32. The maximum absolute atomic E-state index is 15.3. The van der Waals surface area contributed by atoms with Gasteiger partial charge in [0.1, 0.15) is 0 Å². The number of phenolic OH excluding ortho intramolecular Hbond substituents is 1. The number of hydrogen-bond acceptors (Lipinski definition) is 7. The molecule has 4 amide bonds. The number of phenols is 1. The van der Waals surface area contributed by atoms with Gasteiger partial charge in [-0.05, 0) is 85.7 Å². The Morgan fingerprint density at radius 2 is 1.58 bits per heavy atom. The number of imide groups is 2. The molecule has 1 saturated carbocycles. The summed E-state index contributed by atoms with van der Waals surface area (Å²) in [5, 5.41) is 12.3. The summed E-state index contributed by atoms with van der Waals surface area (Å²) in [6, 6.07) is 24.9. The van der Waals surface area contributed by atoms with Crippen LogP contribution >= 0.6 is 23.2 Å². The fourth-order valence-corrected chi connectivity index (χ4v) is 9.41. The third-order valence-electron chi connectivity index (χ3n) is 11.4. The molecule has 4 aliphatic rings. The van der Waals surface area contributed by atoms with Crippen LogP contribution < -0.4 is 15.1 Å². The minimum Gasteiger partial charge on any atom is -0.503 e. The molecule has 52 heavy (non-hydrogen) atoms. The number of allylic oxidation sites excluding steroid dienone is 2. The molecule has 2 aliphatic heterocycles. The predicted octanol–water partition coefficient (Wildman–Crippen LogP) is 7.51. The van der Waals surface area contributed by atoms with Crippen LogP contribution in [0.4, 0.5) is 11.4 Å². The van der Waals surface area contributed by atoms with Crippen molar-refractivity contribution in [3.8, 4) is 11.5 Å². The fraction of sp³-hybridized carbons (Fsp3) is 0.268. The number of halogens is 2. The molecule has 4 aromatic carbocycles. The summed E-state index contributed by atoms with van der Waals surface area (Å²) in [5.74, 6) is -5.60. The summed E-state index contributed by atoms with van der Waals surface area (Å²) in [6.45, 7) is 3.79. The first-order chi connectivity index (χ1) is 25.0. The van der Waals surface area contributed by atoms with Crippen molar-refractivity contribution in [2.45, 2.75) is 38.0 Å². The van der Waals surface area contributed by atoms with Gasteiger partial charge in [-0.1, -0.05) is 88.9 Å². The fourth-order valence-electron chi connectivity index (χ4n) is 9.01. The molecule has 4 aromatic rings. The van der Waals surface area contributed by atoms with Crippen LogP contribution in [0.2, 0.25) is 10.0 Å². The summed E-state index contributed by atoms with van der Waals surface area (Å²) in [6.07, 6.45) is 2.36. The highest BCUT2D eigenvalue weighted by atomic mass is 35.5. The van der Waals surface area contributed by atoms with Crippen LogP contribution in [0, 0.1) is 37.5 Å². The number of anilines is 2. The van der Waals surface area contributed by atoms with Gasteiger partial charge in [-0.25, -0.2) is 4.90 Å². The molecular weight excluding hydrogens is 701 g/mol. The van der Waals surface area contributed by atoms with Gasteiger partial charge in [0.05, 0.1) is 46.7 Å². The number of nitrogens with one attached hydrogen (secondary N) is 1. The van der Waals surface area contributed by atoms with Crippen molar-refractivity contribution in [2.24, 2.45) is 23.7 Å². The van der Waals surface area contributed by atoms with Gasteiger partial charge in [-0.2, -0.15) is 5.01 Å². The quantitative estimate of drug-likeness (QED) is 0.156. The molecule has 264 valence electrons. The number of rotatable bonds is 6. The van der Waals surface area contributed by atoms with E-state index in [1.807, 2.05) is 62.4 Å². The van der Waals surface area contributed by atoms with E-state index in [0.717, 1.165) is 21.7 Å². The van der Waals surface area contributed by atoms with Crippen molar-refractivity contribution < 1.29 is 29.0 Å². The number of hydrazine groups is 1. The number of amides is 4. The zero-order valence-corrected chi connectivity index (χ0v) is 30.1. The molecule has 0 radical (unpaired) electrons. The molecule has 2 N–H and O–H groups in total. The second kappa shape index (κ2) is 12.5. The smallest absolute Gasteiger partial charge is 0.260 e. The molecule has 0 aromatic heterocycles. The Labute approximate surface area is 310 Å². The Morgan fingerprint density at radius 3 is 2.27 bits per heavy atom. The lowest BCUT2D eigenvalue weighted by Gasteiger charge is -2.50. The minimum absolute atomic E-state index is 0.00600. The number of methoxy groups -OCH3 is 1. The van der Waals surface area contributed by atoms with Crippen molar-refractivity contribution >= 4 is 58.2 Å². The Morgan fingerprint density at radius 1 is 0.846 bits per heavy atom. The number of carbonyl (C=O) groups is 4. The number of fused-ring (bicyclic) bond motifs is 4. The molecule has 6 unspecified atom stereocenters. The second-order valence-electron chi connectivity index (χ2n) is 14.1. The van der Waals surface area contributed by atoms with E-state index < -0.39 is 46.8 Å². The number of aryl methyl sites for hydroxylation is 2. The average molecular weight is 737 g/mol. The van der Waals surface area contributed by atoms with E-state index in [1.165, 1.54) is 12.0 Å². The minimum atomic E-state index is -1.49. The number of nitrogens with zero attached hydrogens (tertiary/aromatic N) is 2. The highest BCUT2D eigenvalue weighted by Gasteiger charge is 2.70. The summed E-state index contributed by atoms with van der Waals surface area (Å²) >= 11 is 13.1. The number of ether oxygens (including phenoxy) is 1. The lowest BCUT2D eigenvalue weighted by molar-refractivity contribution is -0.138. The van der Waals surface area contributed by atoms with E-state index >= 15 is 4.79 Å². The van der Waals surface area contributed by atoms with Gasteiger partial charge in [0.25, 0.3) is 11.8 Å². The largest absolute Gasteiger partial charge is 0.503 e. The lowest BCUT2D eigenvalue weighted by atomic mass is 9.49. The topological polar surface area (TPSA) is 116 Å². The van der Waals surface area contributed by atoms with Crippen LogP contribution in [0.3, 0.4) is 0 Å². The first-order valence-electron chi connectivity index (χ1n) is 17.1. The second-order valence-corrected chi connectivity index (χ2v) is 14.9. The molecule has 3 fully saturated rings. The lowest BCUT2D eigenvalue weighted by Crippen LogP contribution is -2.53. The van der Waals surface area contributed by atoms with Crippen LogP contribution in [0.5, 0.6) is 11.5 Å². The molecule has 2 saturated heterocycles. The summed E-state index contributed by atoms with van der Waals surface area (Å²) in [5.41, 5.74) is 6.28. The molecule has 11 heteroatoms. The Kier molecular flexibility index (Phi) is 8.19. The van der Waals surface area contributed by atoms with E-state index in [1.54, 1.807) is 42.5 Å². The van der Waals surface area contributed by atoms with E-state index in [-0.39, 0.29) is 41.2 Å². The summed E-state index contributed by atoms with van der Waals surface area (Å²) in [4.78, 5) is 60.0. The first kappa shape index (κ1) is 34.0. The van der Waals surface area contributed by atoms with Crippen LogP contribution in [0.25, 0.3) is 0 Å². The van der Waals surface area contributed by atoms with Crippen molar-refractivity contribution in [1.82, 2.24) is 5.01 Å². The zero-order valence-electron chi connectivity index (χ0n) is 28.6. The third kappa shape index (κ3) is 4.89. The van der Waals surface area contributed by atoms with Crippen LogP contribution in [0.1, 0.15) is 41.0 Å². The molecule has 8 rings (SSSR count). The van der Waals surface area contributed by atoms with Crippen molar-refractivity contribution in [3.63, 3.8) is 0 Å². The van der Waals surface area contributed by atoms with Crippen LogP contribution in [-0.2, 0) is 24.6 Å². The monoisotopic (exact) mass is 735 g/mol. The van der Waals surface area contributed by atoms with Crippen LogP contribution in [0.15, 0.2) is 96.6 Å². The SMILES string of the molecule is COc1cc(C2C3=CCC4C(=O)N(c5ccc(C)c(Cl)c5)C(=O)C4C3CC3C(=O)N(Nc4ccc(C)cc4)C(=O)C32c2ccccc2)cc(Cl)c1O. The van der Waals surface area contributed by atoms with E-state index in [2.05, 4.69) is 5.43 Å². The van der Waals surface area contributed by atoms with Crippen molar-refractivity contribution in [1.29, 1.82) is 0 Å². The van der Waals surface area contributed by atoms with E-state index in [0.29, 0.717) is 27.5 Å². The number of aromatic hydroxyl groups is 1. The van der Waals surface area contributed by atoms with Gasteiger partial charge < -0.3 is 9.84 Å². The molecular formula is C41H35Cl2N3O6. The zero-order chi connectivity index (χ0) is 36.6. The molecule has 2 aliphatic carbocycles. The van der Waals surface area contributed by atoms with Gasteiger partial charge in [-0.3, -0.25) is 24.6 Å². The molecule has 9 nitrogen and oxygen atoms in total. The van der Waals surface area contributed by atoms with E-state index in [9.17, 15) is 19.5 Å². The Hall–Kier alpha value is -5.12. The summed E-state index contributed by atoms with van der Waals surface area (Å²) in [7, 11) is 1.41. The molecule has 0 bridgehead atoms. The van der Waals surface area contributed by atoms with Gasteiger partial charge >= 0.3 is 0 Å². The van der Waals surface area contributed by atoms with Gasteiger partial charge in [0, 0.05) is 10.9 Å². The average Bonchev–Trinajstić information content (AvgIpc) is 3.52. The van der Waals surface area contributed by atoms with Gasteiger partial charge in [0.2, 0.25) is 11.8 Å². The van der Waals surface area contributed by atoms with Crippen molar-refractivity contribution in [2.75, 3.05) is 17.4 Å². The maximum atomic E-state index is 15.3. The number of benzene rings is 4. The van der Waals surface area contributed by atoms with Gasteiger partial charge in [-0.15, -0.1) is 0 Å². The third-order valence-corrected chi connectivity index (χ3v) is 12.1.